The molecule has 12 heavy (non-hydrogen) atoms. The summed E-state index contributed by atoms with van der Waals surface area (Å²) in [5, 5.41) is 6.29. The van der Waals surface area contributed by atoms with E-state index in [-0.39, 0.29) is 0 Å². The molecule has 2 aromatic rings. The third-order valence-electron chi connectivity index (χ3n) is 1.50. The summed E-state index contributed by atoms with van der Waals surface area (Å²) in [5.41, 5.74) is 0. The van der Waals surface area contributed by atoms with E-state index in [1.807, 2.05) is 17.1 Å². The molecule has 0 saturated carbocycles. The Bertz CT molecular complexity index is 353. The zero-order valence-electron chi connectivity index (χ0n) is 6.27. The zero-order chi connectivity index (χ0) is 8.39. The molecule has 2 heterocycles. The standard InChI is InChI=1S/C8H7IN2S/c9-7-4-10-11(5-7)6-8-2-1-3-12-8/h1-5H,6H2. The Balaban J connectivity index is 2.14. The molecule has 2 rings (SSSR count). The minimum atomic E-state index is 0.890. The van der Waals surface area contributed by atoms with Gasteiger partial charge in [-0.25, -0.2) is 0 Å². The Labute approximate surface area is 88.4 Å². The number of nitrogens with zero attached hydrogens (tertiary/aromatic N) is 2. The van der Waals surface area contributed by atoms with E-state index in [0.717, 1.165) is 6.54 Å². The van der Waals surface area contributed by atoms with Crippen LogP contribution < -0.4 is 0 Å². The maximum Gasteiger partial charge on any atom is 0.0752 e. The highest BCUT2D eigenvalue weighted by Gasteiger charge is 1.96. The summed E-state index contributed by atoms with van der Waals surface area (Å²) in [6.07, 6.45) is 3.91. The van der Waals surface area contributed by atoms with Crippen molar-refractivity contribution in [1.29, 1.82) is 0 Å². The highest BCUT2D eigenvalue weighted by atomic mass is 127. The second-order valence-electron chi connectivity index (χ2n) is 2.44. The van der Waals surface area contributed by atoms with E-state index in [4.69, 9.17) is 0 Å². The first-order valence-electron chi connectivity index (χ1n) is 3.55. The largest absolute Gasteiger partial charge is 0.266 e. The van der Waals surface area contributed by atoms with E-state index < -0.39 is 0 Å². The SMILES string of the molecule is Ic1cnn(Cc2cccs2)c1. The van der Waals surface area contributed by atoms with Crippen molar-refractivity contribution in [2.45, 2.75) is 6.54 Å². The molecular formula is C8H7IN2S. The van der Waals surface area contributed by atoms with E-state index >= 15 is 0 Å². The molecule has 0 atom stereocenters. The van der Waals surface area contributed by atoms with Gasteiger partial charge in [0.2, 0.25) is 0 Å². The van der Waals surface area contributed by atoms with Crippen LogP contribution in [0, 0.1) is 3.57 Å². The van der Waals surface area contributed by atoms with Crippen molar-refractivity contribution >= 4 is 33.9 Å². The first kappa shape index (κ1) is 8.25. The maximum atomic E-state index is 4.21. The lowest BCUT2D eigenvalue weighted by Crippen LogP contribution is -1.97. The smallest absolute Gasteiger partial charge is 0.0752 e. The average molecular weight is 290 g/mol. The zero-order valence-corrected chi connectivity index (χ0v) is 9.25. The molecule has 0 N–H and O–H groups in total. The molecule has 0 aliphatic heterocycles. The van der Waals surface area contributed by atoms with Crippen LogP contribution in [0.4, 0.5) is 0 Å². The fourth-order valence-corrected chi connectivity index (χ4v) is 2.13. The van der Waals surface area contributed by atoms with Crippen LogP contribution >= 0.6 is 33.9 Å². The molecule has 2 aromatic heterocycles. The normalized spacial score (nSPS) is 10.4. The second-order valence-corrected chi connectivity index (χ2v) is 4.71. The average Bonchev–Trinajstić information content (AvgIpc) is 2.63. The van der Waals surface area contributed by atoms with Gasteiger partial charge in [-0.2, -0.15) is 5.10 Å². The Morgan fingerprint density at radius 1 is 1.58 bits per heavy atom. The van der Waals surface area contributed by atoms with E-state index in [0.29, 0.717) is 0 Å². The van der Waals surface area contributed by atoms with E-state index in [1.165, 1.54) is 8.45 Å². The van der Waals surface area contributed by atoms with Gasteiger partial charge in [-0.3, -0.25) is 4.68 Å². The number of thiophene rings is 1. The quantitative estimate of drug-likeness (QED) is 0.777. The van der Waals surface area contributed by atoms with Crippen LogP contribution in [0.3, 0.4) is 0 Å². The van der Waals surface area contributed by atoms with Crippen LogP contribution in [0.1, 0.15) is 4.88 Å². The van der Waals surface area contributed by atoms with Crippen molar-refractivity contribution in [2.75, 3.05) is 0 Å². The molecular weight excluding hydrogens is 283 g/mol. The molecule has 62 valence electrons. The molecule has 0 aromatic carbocycles. The summed E-state index contributed by atoms with van der Waals surface area (Å²) in [4.78, 5) is 1.34. The third-order valence-corrected chi connectivity index (χ3v) is 2.92. The molecule has 0 aliphatic carbocycles. The summed E-state index contributed by atoms with van der Waals surface area (Å²) in [7, 11) is 0. The lowest BCUT2D eigenvalue weighted by molar-refractivity contribution is 0.694. The first-order valence-corrected chi connectivity index (χ1v) is 5.51. The molecule has 0 saturated heterocycles. The van der Waals surface area contributed by atoms with Crippen LogP contribution in [0.15, 0.2) is 29.9 Å². The van der Waals surface area contributed by atoms with Gasteiger partial charge in [-0.05, 0) is 34.0 Å². The van der Waals surface area contributed by atoms with Crippen LogP contribution in [-0.4, -0.2) is 9.78 Å². The summed E-state index contributed by atoms with van der Waals surface area (Å²) < 4.78 is 3.14. The van der Waals surface area contributed by atoms with Crippen LogP contribution in [0.5, 0.6) is 0 Å². The molecule has 4 heteroatoms. The Morgan fingerprint density at radius 2 is 2.50 bits per heavy atom. The minimum Gasteiger partial charge on any atom is -0.266 e. The maximum absolute atomic E-state index is 4.21. The van der Waals surface area contributed by atoms with Crippen molar-refractivity contribution in [2.24, 2.45) is 0 Å². The Kier molecular flexibility index (Phi) is 2.45. The van der Waals surface area contributed by atoms with Gasteiger partial charge in [0.25, 0.3) is 0 Å². The summed E-state index contributed by atoms with van der Waals surface area (Å²) in [6, 6.07) is 4.19. The molecule has 0 amide bonds. The predicted molar refractivity (Wildman–Crippen MR) is 58.4 cm³/mol. The number of halogens is 1. The molecule has 2 nitrogen and oxygen atoms in total. The van der Waals surface area contributed by atoms with Gasteiger partial charge < -0.3 is 0 Å². The molecule has 0 spiro atoms. The number of rotatable bonds is 2. The number of aromatic nitrogens is 2. The van der Waals surface area contributed by atoms with Gasteiger partial charge in [0.15, 0.2) is 0 Å². The van der Waals surface area contributed by atoms with Crippen molar-refractivity contribution in [3.05, 3.63) is 38.4 Å². The van der Waals surface area contributed by atoms with Gasteiger partial charge in [0.1, 0.15) is 0 Å². The van der Waals surface area contributed by atoms with Gasteiger partial charge in [-0.15, -0.1) is 11.3 Å². The topological polar surface area (TPSA) is 17.8 Å². The van der Waals surface area contributed by atoms with E-state index in [2.05, 4.69) is 45.2 Å². The lowest BCUT2D eigenvalue weighted by Gasteiger charge is -1.95. The lowest BCUT2D eigenvalue weighted by atomic mass is 10.5. The van der Waals surface area contributed by atoms with Gasteiger partial charge in [0, 0.05) is 11.1 Å². The molecule has 0 bridgehead atoms. The molecule has 0 unspecified atom stereocenters. The summed E-state index contributed by atoms with van der Waals surface area (Å²) >= 11 is 4.03. The molecule has 0 radical (unpaired) electrons. The van der Waals surface area contributed by atoms with Crippen molar-refractivity contribution < 1.29 is 0 Å². The summed E-state index contributed by atoms with van der Waals surface area (Å²) in [6.45, 7) is 0.890. The Morgan fingerprint density at radius 3 is 3.08 bits per heavy atom. The predicted octanol–water partition coefficient (Wildman–Crippen LogP) is 2.60. The number of hydrogen-bond donors (Lipinski definition) is 0. The molecule has 0 aliphatic rings. The number of hydrogen-bond acceptors (Lipinski definition) is 2. The fraction of sp³-hybridized carbons (Fsp3) is 0.125. The summed E-state index contributed by atoms with van der Waals surface area (Å²) in [5.74, 6) is 0. The highest BCUT2D eigenvalue weighted by Crippen LogP contribution is 2.10. The first-order chi connectivity index (χ1) is 5.84. The van der Waals surface area contributed by atoms with Gasteiger partial charge >= 0.3 is 0 Å². The van der Waals surface area contributed by atoms with Gasteiger partial charge in [-0.1, -0.05) is 6.07 Å². The van der Waals surface area contributed by atoms with Crippen LogP contribution in [0.2, 0.25) is 0 Å². The minimum absolute atomic E-state index is 0.890. The van der Waals surface area contributed by atoms with E-state index in [1.54, 1.807) is 11.3 Å². The van der Waals surface area contributed by atoms with Crippen molar-refractivity contribution in [1.82, 2.24) is 9.78 Å². The molecule has 0 fully saturated rings. The van der Waals surface area contributed by atoms with Gasteiger partial charge in [0.05, 0.1) is 16.3 Å². The monoisotopic (exact) mass is 290 g/mol. The van der Waals surface area contributed by atoms with E-state index in [9.17, 15) is 0 Å². The second kappa shape index (κ2) is 3.57. The van der Waals surface area contributed by atoms with Crippen LogP contribution in [-0.2, 0) is 6.54 Å². The Hall–Kier alpha value is -0.360. The highest BCUT2D eigenvalue weighted by molar-refractivity contribution is 14.1. The fourth-order valence-electron chi connectivity index (χ4n) is 0.987. The third kappa shape index (κ3) is 1.87. The van der Waals surface area contributed by atoms with Crippen LogP contribution in [0.25, 0.3) is 0 Å². The van der Waals surface area contributed by atoms with Crippen molar-refractivity contribution in [3.8, 4) is 0 Å². The van der Waals surface area contributed by atoms with Crippen molar-refractivity contribution in [3.63, 3.8) is 0 Å².